The van der Waals surface area contributed by atoms with E-state index in [0.717, 1.165) is 30.6 Å². The first-order valence-corrected chi connectivity index (χ1v) is 5.65. The van der Waals surface area contributed by atoms with E-state index in [4.69, 9.17) is 10.5 Å². The molecule has 3 heteroatoms. The van der Waals surface area contributed by atoms with Crippen LogP contribution in [0.4, 0.5) is 0 Å². The molecule has 0 heterocycles. The van der Waals surface area contributed by atoms with Gasteiger partial charge >= 0.3 is 0 Å². The van der Waals surface area contributed by atoms with E-state index in [0.29, 0.717) is 0 Å². The highest BCUT2D eigenvalue weighted by Crippen LogP contribution is 2.31. The maximum atomic E-state index is 12.0. The summed E-state index contributed by atoms with van der Waals surface area (Å²) in [6.07, 6.45) is 2.74. The third kappa shape index (κ3) is 2.09. The summed E-state index contributed by atoms with van der Waals surface area (Å²) in [6.45, 7) is 0. The van der Waals surface area contributed by atoms with Crippen LogP contribution in [0.2, 0.25) is 0 Å². The Hall–Kier alpha value is -1.35. The Morgan fingerprint density at radius 3 is 2.94 bits per heavy atom. The van der Waals surface area contributed by atoms with Gasteiger partial charge in [0.1, 0.15) is 5.75 Å². The van der Waals surface area contributed by atoms with Crippen LogP contribution in [0.5, 0.6) is 5.75 Å². The van der Waals surface area contributed by atoms with E-state index in [1.807, 2.05) is 24.3 Å². The Morgan fingerprint density at radius 1 is 1.38 bits per heavy atom. The number of methoxy groups -OCH3 is 1. The highest BCUT2D eigenvalue weighted by atomic mass is 16.5. The van der Waals surface area contributed by atoms with E-state index in [-0.39, 0.29) is 17.7 Å². The Morgan fingerprint density at radius 2 is 2.19 bits per heavy atom. The topological polar surface area (TPSA) is 52.3 Å². The van der Waals surface area contributed by atoms with Crippen molar-refractivity contribution < 1.29 is 9.53 Å². The van der Waals surface area contributed by atoms with Crippen LogP contribution < -0.4 is 10.5 Å². The van der Waals surface area contributed by atoms with Crippen LogP contribution >= 0.6 is 0 Å². The van der Waals surface area contributed by atoms with Crippen molar-refractivity contribution in [2.75, 3.05) is 7.11 Å². The second-order valence-electron chi connectivity index (χ2n) is 4.27. The highest BCUT2D eigenvalue weighted by molar-refractivity contribution is 5.91. The number of Topliss-reactive ketones (excluding diaryl/α,β-unsaturated/α-hetero) is 1. The molecule has 2 atom stereocenters. The average Bonchev–Trinajstić information content (AvgIpc) is 2.33. The number of hydrogen-bond donors (Lipinski definition) is 1. The molecular weight excluding hydrogens is 202 g/mol. The minimum Gasteiger partial charge on any atom is -0.497 e. The van der Waals surface area contributed by atoms with E-state index < -0.39 is 0 Å². The van der Waals surface area contributed by atoms with Crippen LogP contribution in [-0.2, 0) is 4.79 Å². The molecule has 0 radical (unpaired) electrons. The SMILES string of the molecule is COc1cccc(C2CCCC(N)C2=O)c1. The first-order valence-electron chi connectivity index (χ1n) is 5.65. The molecule has 2 unspecified atom stereocenters. The average molecular weight is 219 g/mol. The molecule has 0 saturated heterocycles. The van der Waals surface area contributed by atoms with Crippen molar-refractivity contribution in [1.82, 2.24) is 0 Å². The van der Waals surface area contributed by atoms with Gasteiger partial charge in [-0.2, -0.15) is 0 Å². The number of carbonyl (C=O) groups is 1. The van der Waals surface area contributed by atoms with Crippen molar-refractivity contribution in [3.05, 3.63) is 29.8 Å². The molecule has 1 saturated carbocycles. The van der Waals surface area contributed by atoms with Gasteiger partial charge in [0, 0.05) is 5.92 Å². The van der Waals surface area contributed by atoms with Gasteiger partial charge in [-0.15, -0.1) is 0 Å². The van der Waals surface area contributed by atoms with Crippen molar-refractivity contribution in [1.29, 1.82) is 0 Å². The van der Waals surface area contributed by atoms with Crippen molar-refractivity contribution in [2.24, 2.45) is 5.73 Å². The minimum atomic E-state index is -0.287. The lowest BCUT2D eigenvalue weighted by Gasteiger charge is -2.25. The second kappa shape index (κ2) is 4.66. The van der Waals surface area contributed by atoms with E-state index in [1.54, 1.807) is 7.11 Å². The predicted molar refractivity (Wildman–Crippen MR) is 62.6 cm³/mol. The van der Waals surface area contributed by atoms with Gasteiger partial charge in [-0.3, -0.25) is 4.79 Å². The number of rotatable bonds is 2. The Bertz CT molecular complexity index is 389. The smallest absolute Gasteiger partial charge is 0.156 e. The number of nitrogens with two attached hydrogens (primary N) is 1. The molecule has 3 nitrogen and oxygen atoms in total. The minimum absolute atomic E-state index is 0.0427. The lowest BCUT2D eigenvalue weighted by atomic mass is 9.80. The van der Waals surface area contributed by atoms with Gasteiger partial charge in [0.25, 0.3) is 0 Å². The monoisotopic (exact) mass is 219 g/mol. The second-order valence-corrected chi connectivity index (χ2v) is 4.27. The Kier molecular flexibility index (Phi) is 3.25. The quantitative estimate of drug-likeness (QED) is 0.826. The standard InChI is InChI=1S/C13H17NO2/c1-16-10-5-2-4-9(8-10)11-6-3-7-12(14)13(11)15/h2,4-5,8,11-12H,3,6-7,14H2,1H3. The van der Waals surface area contributed by atoms with Gasteiger partial charge in [-0.1, -0.05) is 18.6 Å². The van der Waals surface area contributed by atoms with Crippen LogP contribution in [0.1, 0.15) is 30.7 Å². The van der Waals surface area contributed by atoms with Crippen LogP contribution in [0.15, 0.2) is 24.3 Å². The summed E-state index contributed by atoms with van der Waals surface area (Å²) in [5.74, 6) is 0.919. The normalized spacial score (nSPS) is 25.5. The van der Waals surface area contributed by atoms with E-state index >= 15 is 0 Å². The first kappa shape index (κ1) is 11.1. The highest BCUT2D eigenvalue weighted by Gasteiger charge is 2.29. The van der Waals surface area contributed by atoms with Gasteiger partial charge in [0.15, 0.2) is 5.78 Å². The van der Waals surface area contributed by atoms with Gasteiger partial charge in [0.05, 0.1) is 13.2 Å². The molecule has 1 aromatic rings. The summed E-state index contributed by atoms with van der Waals surface area (Å²) in [4.78, 5) is 12.0. The first-order chi connectivity index (χ1) is 7.72. The number of benzene rings is 1. The molecule has 0 aliphatic heterocycles. The Labute approximate surface area is 95.6 Å². The number of ketones is 1. The van der Waals surface area contributed by atoms with E-state index in [9.17, 15) is 4.79 Å². The number of hydrogen-bond acceptors (Lipinski definition) is 3. The zero-order valence-corrected chi connectivity index (χ0v) is 9.48. The molecule has 0 bridgehead atoms. The summed E-state index contributed by atoms with van der Waals surface area (Å²) in [5.41, 5.74) is 6.82. The van der Waals surface area contributed by atoms with E-state index in [2.05, 4.69) is 0 Å². The fourth-order valence-electron chi connectivity index (χ4n) is 2.27. The molecule has 1 aliphatic carbocycles. The third-order valence-electron chi connectivity index (χ3n) is 3.21. The third-order valence-corrected chi connectivity index (χ3v) is 3.21. The molecule has 1 fully saturated rings. The lowest BCUT2D eigenvalue weighted by Crippen LogP contribution is -2.37. The maximum Gasteiger partial charge on any atom is 0.156 e. The van der Waals surface area contributed by atoms with Crippen LogP contribution in [-0.4, -0.2) is 18.9 Å². The summed E-state index contributed by atoms with van der Waals surface area (Å²) in [7, 11) is 1.63. The van der Waals surface area contributed by atoms with Gasteiger partial charge in [0.2, 0.25) is 0 Å². The molecular formula is C13H17NO2. The molecule has 1 aromatic carbocycles. The van der Waals surface area contributed by atoms with Crippen LogP contribution in [0.3, 0.4) is 0 Å². The summed E-state index contributed by atoms with van der Waals surface area (Å²) < 4.78 is 5.17. The molecule has 0 amide bonds. The van der Waals surface area contributed by atoms with Crippen molar-refractivity contribution in [3.8, 4) is 5.75 Å². The summed E-state index contributed by atoms with van der Waals surface area (Å²) in [5, 5.41) is 0. The molecule has 16 heavy (non-hydrogen) atoms. The molecule has 2 rings (SSSR count). The van der Waals surface area contributed by atoms with Crippen molar-refractivity contribution in [2.45, 2.75) is 31.2 Å². The fraction of sp³-hybridized carbons (Fsp3) is 0.462. The Balaban J connectivity index is 2.25. The van der Waals surface area contributed by atoms with Crippen molar-refractivity contribution >= 4 is 5.78 Å². The predicted octanol–water partition coefficient (Wildman–Crippen LogP) is 1.86. The van der Waals surface area contributed by atoms with Crippen molar-refractivity contribution in [3.63, 3.8) is 0 Å². The zero-order chi connectivity index (χ0) is 11.5. The van der Waals surface area contributed by atoms with Crippen LogP contribution in [0, 0.1) is 0 Å². The summed E-state index contributed by atoms with van der Waals surface area (Å²) >= 11 is 0. The van der Waals surface area contributed by atoms with Crippen LogP contribution in [0.25, 0.3) is 0 Å². The largest absolute Gasteiger partial charge is 0.497 e. The number of ether oxygens (including phenoxy) is 1. The van der Waals surface area contributed by atoms with Gasteiger partial charge in [-0.25, -0.2) is 0 Å². The number of carbonyl (C=O) groups excluding carboxylic acids is 1. The molecule has 86 valence electrons. The van der Waals surface area contributed by atoms with Gasteiger partial charge in [-0.05, 0) is 30.5 Å². The molecule has 2 N–H and O–H groups in total. The lowest BCUT2D eigenvalue weighted by molar-refractivity contribution is -0.123. The zero-order valence-electron chi connectivity index (χ0n) is 9.48. The van der Waals surface area contributed by atoms with Gasteiger partial charge < -0.3 is 10.5 Å². The summed E-state index contributed by atoms with van der Waals surface area (Å²) in [6, 6.07) is 7.42. The maximum absolute atomic E-state index is 12.0. The molecule has 0 spiro atoms. The van der Waals surface area contributed by atoms with E-state index in [1.165, 1.54) is 0 Å². The molecule has 1 aliphatic rings. The fourth-order valence-corrected chi connectivity index (χ4v) is 2.27. The molecule has 0 aromatic heterocycles.